The minimum absolute atomic E-state index is 0.323. The highest BCUT2D eigenvalue weighted by atomic mass is 79.9. The van der Waals surface area contributed by atoms with Crippen LogP contribution in [0.3, 0.4) is 0 Å². The van der Waals surface area contributed by atoms with Gasteiger partial charge in [0.2, 0.25) is 0 Å². The van der Waals surface area contributed by atoms with Gasteiger partial charge in [-0.2, -0.15) is 0 Å². The molecule has 1 unspecified atom stereocenters. The molecule has 0 bridgehead atoms. The molecule has 21 heavy (non-hydrogen) atoms. The lowest BCUT2D eigenvalue weighted by Gasteiger charge is -2.25. The standard InChI is InChI=1S/C16H21BrN2OS/c1-19(2)15(12-5-4-6-13(9-12)20-3)11-18-10-14-7-8-16(17)21-14/h4-9,15,18H,10-11H2,1-3H3. The summed E-state index contributed by atoms with van der Waals surface area (Å²) in [6.07, 6.45) is 0. The van der Waals surface area contributed by atoms with Gasteiger partial charge in [0, 0.05) is 24.0 Å². The van der Waals surface area contributed by atoms with E-state index in [4.69, 9.17) is 4.74 Å². The zero-order valence-electron chi connectivity index (χ0n) is 12.6. The van der Waals surface area contributed by atoms with Crippen molar-refractivity contribution in [1.82, 2.24) is 10.2 Å². The highest BCUT2D eigenvalue weighted by Gasteiger charge is 2.14. The van der Waals surface area contributed by atoms with Gasteiger partial charge in [-0.15, -0.1) is 11.3 Å². The van der Waals surface area contributed by atoms with E-state index in [0.717, 1.165) is 18.8 Å². The molecular formula is C16H21BrN2OS. The molecule has 2 aromatic rings. The molecule has 3 nitrogen and oxygen atoms in total. The Morgan fingerprint density at radius 1 is 1.29 bits per heavy atom. The van der Waals surface area contributed by atoms with Crippen LogP contribution >= 0.6 is 27.3 Å². The first-order valence-electron chi connectivity index (χ1n) is 6.85. The summed E-state index contributed by atoms with van der Waals surface area (Å²) in [5.74, 6) is 0.904. The molecule has 0 fully saturated rings. The van der Waals surface area contributed by atoms with Crippen molar-refractivity contribution in [2.75, 3.05) is 27.7 Å². The summed E-state index contributed by atoms with van der Waals surface area (Å²) >= 11 is 5.27. The fourth-order valence-electron chi connectivity index (χ4n) is 2.23. The van der Waals surface area contributed by atoms with Crippen molar-refractivity contribution in [3.05, 3.63) is 50.6 Å². The van der Waals surface area contributed by atoms with Gasteiger partial charge in [-0.3, -0.25) is 0 Å². The minimum atomic E-state index is 0.323. The summed E-state index contributed by atoms with van der Waals surface area (Å²) in [4.78, 5) is 3.57. The third kappa shape index (κ3) is 4.81. The predicted molar refractivity (Wildman–Crippen MR) is 93.1 cm³/mol. The first-order valence-corrected chi connectivity index (χ1v) is 8.46. The maximum atomic E-state index is 5.32. The molecule has 114 valence electrons. The molecule has 0 aliphatic heterocycles. The molecule has 1 aromatic heterocycles. The number of thiophene rings is 1. The highest BCUT2D eigenvalue weighted by molar-refractivity contribution is 9.11. The van der Waals surface area contributed by atoms with Crippen molar-refractivity contribution < 1.29 is 4.74 Å². The molecular weight excluding hydrogens is 348 g/mol. The Labute approximate surface area is 139 Å². The number of nitrogens with one attached hydrogen (secondary N) is 1. The molecule has 0 aliphatic rings. The average Bonchev–Trinajstić information content (AvgIpc) is 2.89. The monoisotopic (exact) mass is 368 g/mol. The van der Waals surface area contributed by atoms with Gasteiger partial charge >= 0.3 is 0 Å². The molecule has 0 saturated heterocycles. The summed E-state index contributed by atoms with van der Waals surface area (Å²) in [5.41, 5.74) is 1.26. The Hall–Kier alpha value is -0.880. The summed E-state index contributed by atoms with van der Waals surface area (Å²) in [5, 5.41) is 3.54. The predicted octanol–water partition coefficient (Wildman–Crippen LogP) is 3.91. The summed E-state index contributed by atoms with van der Waals surface area (Å²) in [7, 11) is 5.91. The van der Waals surface area contributed by atoms with Gasteiger partial charge in [0.25, 0.3) is 0 Å². The smallest absolute Gasteiger partial charge is 0.119 e. The second-order valence-electron chi connectivity index (χ2n) is 5.09. The first-order chi connectivity index (χ1) is 10.1. The van der Waals surface area contributed by atoms with Crippen LogP contribution in [0.4, 0.5) is 0 Å². The van der Waals surface area contributed by atoms with Crippen molar-refractivity contribution >= 4 is 27.3 Å². The van der Waals surface area contributed by atoms with Crippen LogP contribution in [0.5, 0.6) is 5.75 Å². The van der Waals surface area contributed by atoms with Crippen LogP contribution in [0.15, 0.2) is 40.2 Å². The van der Waals surface area contributed by atoms with E-state index in [-0.39, 0.29) is 0 Å². The SMILES string of the molecule is COc1cccc(C(CNCc2ccc(Br)s2)N(C)C)c1. The van der Waals surface area contributed by atoms with Crippen LogP contribution in [-0.4, -0.2) is 32.6 Å². The second-order valence-corrected chi connectivity index (χ2v) is 7.64. The number of likely N-dealkylation sites (N-methyl/N-ethyl adjacent to an activating group) is 1. The number of methoxy groups -OCH3 is 1. The van der Waals surface area contributed by atoms with Gasteiger partial charge in [-0.25, -0.2) is 0 Å². The Kier molecular flexibility index (Phi) is 6.23. The third-order valence-electron chi connectivity index (χ3n) is 3.37. The second kappa shape index (κ2) is 7.94. The summed E-state index contributed by atoms with van der Waals surface area (Å²) < 4.78 is 6.50. The Morgan fingerprint density at radius 2 is 2.10 bits per heavy atom. The molecule has 2 rings (SSSR count). The van der Waals surface area contributed by atoms with Crippen LogP contribution in [0, 0.1) is 0 Å². The highest BCUT2D eigenvalue weighted by Crippen LogP contribution is 2.24. The number of nitrogens with zero attached hydrogens (tertiary/aromatic N) is 1. The Balaban J connectivity index is 1.98. The van der Waals surface area contributed by atoms with Crippen molar-refractivity contribution in [1.29, 1.82) is 0 Å². The van der Waals surface area contributed by atoms with Gasteiger partial charge < -0.3 is 15.0 Å². The lowest BCUT2D eigenvalue weighted by Crippen LogP contribution is -2.30. The zero-order valence-corrected chi connectivity index (χ0v) is 15.0. The summed E-state index contributed by atoms with van der Waals surface area (Å²) in [6.45, 7) is 1.79. The molecule has 0 saturated carbocycles. The molecule has 5 heteroatoms. The topological polar surface area (TPSA) is 24.5 Å². The fourth-order valence-corrected chi connectivity index (χ4v) is 3.68. The molecule has 1 N–H and O–H groups in total. The van der Waals surface area contributed by atoms with Crippen molar-refractivity contribution in [2.45, 2.75) is 12.6 Å². The number of rotatable bonds is 7. The van der Waals surface area contributed by atoms with E-state index < -0.39 is 0 Å². The number of hydrogen-bond donors (Lipinski definition) is 1. The van der Waals surface area contributed by atoms with Crippen LogP contribution in [-0.2, 0) is 6.54 Å². The molecule has 1 heterocycles. The zero-order chi connectivity index (χ0) is 15.2. The van der Waals surface area contributed by atoms with E-state index in [0.29, 0.717) is 6.04 Å². The third-order valence-corrected chi connectivity index (χ3v) is 4.99. The van der Waals surface area contributed by atoms with E-state index in [1.807, 2.05) is 12.1 Å². The van der Waals surface area contributed by atoms with Crippen LogP contribution in [0.25, 0.3) is 0 Å². The van der Waals surface area contributed by atoms with Crippen LogP contribution in [0.2, 0.25) is 0 Å². The molecule has 1 atom stereocenters. The van der Waals surface area contributed by atoms with Gasteiger partial charge in [0.15, 0.2) is 0 Å². The van der Waals surface area contributed by atoms with E-state index in [1.165, 1.54) is 14.2 Å². The van der Waals surface area contributed by atoms with Gasteiger partial charge in [-0.1, -0.05) is 12.1 Å². The number of benzene rings is 1. The largest absolute Gasteiger partial charge is 0.497 e. The molecule has 0 amide bonds. The fraction of sp³-hybridized carbons (Fsp3) is 0.375. The van der Waals surface area contributed by atoms with Gasteiger partial charge in [0.1, 0.15) is 5.75 Å². The Morgan fingerprint density at radius 3 is 2.71 bits per heavy atom. The molecule has 0 spiro atoms. The van der Waals surface area contributed by atoms with Gasteiger partial charge in [0.05, 0.1) is 10.9 Å². The van der Waals surface area contributed by atoms with E-state index in [9.17, 15) is 0 Å². The Bertz CT molecular complexity index is 571. The molecule has 1 aromatic carbocycles. The van der Waals surface area contributed by atoms with E-state index >= 15 is 0 Å². The number of halogens is 1. The van der Waals surface area contributed by atoms with Crippen LogP contribution in [0.1, 0.15) is 16.5 Å². The van der Waals surface area contributed by atoms with Crippen molar-refractivity contribution in [3.63, 3.8) is 0 Å². The lowest BCUT2D eigenvalue weighted by atomic mass is 10.1. The average molecular weight is 369 g/mol. The van der Waals surface area contributed by atoms with Crippen molar-refractivity contribution in [2.24, 2.45) is 0 Å². The van der Waals surface area contributed by atoms with Gasteiger partial charge in [-0.05, 0) is 59.9 Å². The van der Waals surface area contributed by atoms with Crippen molar-refractivity contribution in [3.8, 4) is 5.75 Å². The van der Waals surface area contributed by atoms with Crippen LogP contribution < -0.4 is 10.1 Å². The molecule has 0 aliphatic carbocycles. The first kappa shape index (κ1) is 16.5. The van der Waals surface area contributed by atoms with E-state index in [1.54, 1.807) is 18.4 Å². The normalized spacial score (nSPS) is 12.6. The minimum Gasteiger partial charge on any atom is -0.497 e. The lowest BCUT2D eigenvalue weighted by molar-refractivity contribution is 0.287. The summed E-state index contributed by atoms with van der Waals surface area (Å²) in [6, 6.07) is 12.8. The number of ether oxygens (including phenoxy) is 1. The number of hydrogen-bond acceptors (Lipinski definition) is 4. The quantitative estimate of drug-likeness (QED) is 0.801. The van der Waals surface area contributed by atoms with E-state index in [2.05, 4.69) is 64.5 Å². The maximum absolute atomic E-state index is 5.32. The molecule has 0 radical (unpaired) electrons. The maximum Gasteiger partial charge on any atom is 0.119 e.